The number of ether oxygens (including phenoxy) is 4. The van der Waals surface area contributed by atoms with Crippen LogP contribution in [0.1, 0.15) is 56.7 Å². The van der Waals surface area contributed by atoms with E-state index in [1.54, 1.807) is 53.8 Å². The highest BCUT2D eigenvalue weighted by Gasteiger charge is 2.36. The number of rotatable bonds is 11. The molecule has 0 spiro atoms. The van der Waals surface area contributed by atoms with Crippen LogP contribution in [0.4, 0.5) is 0 Å². The standard InChI is InChI=1S/C33H36BrN3O7S/c1-5-9-23-29(32(40)43-6-2)30(22-18-21(34)11-13-24(22)41-3)37-31(39)27(45-33(37)35-23)17-20-10-12-25(26(16-20)42-4)44-19-28(38)36-14-7-8-15-36/h10-13,16-18,30H,5-9,14-15,19H2,1-4H3/b27-17-/t30-/m1/s1. The monoisotopic (exact) mass is 697 g/mol. The van der Waals surface area contributed by atoms with E-state index < -0.39 is 12.0 Å². The van der Waals surface area contributed by atoms with Gasteiger partial charge in [-0.05, 0) is 68.2 Å². The van der Waals surface area contributed by atoms with Gasteiger partial charge < -0.3 is 23.8 Å². The molecule has 0 bridgehead atoms. The Morgan fingerprint density at radius 1 is 1.04 bits per heavy atom. The third-order valence-corrected chi connectivity index (χ3v) is 9.15. The summed E-state index contributed by atoms with van der Waals surface area (Å²) in [5.41, 5.74) is 1.94. The second-order valence-electron chi connectivity index (χ2n) is 10.6. The summed E-state index contributed by atoms with van der Waals surface area (Å²) < 4.78 is 25.3. The van der Waals surface area contributed by atoms with E-state index in [0.717, 1.165) is 36.8 Å². The van der Waals surface area contributed by atoms with Crippen molar-refractivity contribution in [3.8, 4) is 17.2 Å². The molecule has 1 atom stereocenters. The molecule has 0 radical (unpaired) electrons. The first-order chi connectivity index (χ1) is 21.8. The van der Waals surface area contributed by atoms with Crippen molar-refractivity contribution in [2.75, 3.05) is 40.5 Å². The molecule has 1 saturated heterocycles. The van der Waals surface area contributed by atoms with E-state index in [1.165, 1.54) is 18.4 Å². The Balaban J connectivity index is 1.59. The highest BCUT2D eigenvalue weighted by Crippen LogP contribution is 2.38. The van der Waals surface area contributed by atoms with E-state index in [1.807, 2.05) is 19.1 Å². The maximum Gasteiger partial charge on any atom is 0.338 e. The van der Waals surface area contributed by atoms with Crippen LogP contribution in [0.2, 0.25) is 0 Å². The number of nitrogens with zero attached hydrogens (tertiary/aromatic N) is 3. The molecule has 3 aromatic rings. The Kier molecular flexibility index (Phi) is 10.4. The van der Waals surface area contributed by atoms with E-state index >= 15 is 0 Å². The van der Waals surface area contributed by atoms with Crippen molar-refractivity contribution in [3.05, 3.63) is 83.0 Å². The number of aromatic nitrogens is 1. The molecule has 2 aliphatic rings. The van der Waals surface area contributed by atoms with Crippen LogP contribution in [-0.2, 0) is 14.3 Å². The van der Waals surface area contributed by atoms with Gasteiger partial charge in [-0.1, -0.05) is 46.7 Å². The van der Waals surface area contributed by atoms with Crippen LogP contribution in [0.25, 0.3) is 6.08 Å². The maximum atomic E-state index is 14.2. The fraction of sp³-hybridized carbons (Fsp3) is 0.394. The Hall–Kier alpha value is -3.90. The quantitative estimate of drug-likeness (QED) is 0.274. The molecule has 2 aliphatic heterocycles. The first-order valence-electron chi connectivity index (χ1n) is 14.9. The van der Waals surface area contributed by atoms with Gasteiger partial charge in [0, 0.05) is 23.1 Å². The molecule has 12 heteroatoms. The summed E-state index contributed by atoms with van der Waals surface area (Å²) in [7, 11) is 3.08. The Morgan fingerprint density at radius 2 is 1.78 bits per heavy atom. The lowest BCUT2D eigenvalue weighted by Gasteiger charge is -2.27. The summed E-state index contributed by atoms with van der Waals surface area (Å²) in [6.45, 7) is 5.38. The normalized spacial score (nSPS) is 16.3. The van der Waals surface area contributed by atoms with Gasteiger partial charge in [-0.2, -0.15) is 0 Å². The molecule has 45 heavy (non-hydrogen) atoms. The number of thiazole rings is 1. The summed E-state index contributed by atoms with van der Waals surface area (Å²) in [5, 5.41) is 0. The number of halogens is 1. The minimum Gasteiger partial charge on any atom is -0.496 e. The number of fused-ring (bicyclic) bond motifs is 1. The number of carbonyl (C=O) groups excluding carboxylic acids is 2. The van der Waals surface area contributed by atoms with Crippen molar-refractivity contribution < 1.29 is 28.5 Å². The molecule has 10 nitrogen and oxygen atoms in total. The number of amides is 1. The van der Waals surface area contributed by atoms with Crippen LogP contribution in [0.3, 0.4) is 0 Å². The number of hydrogen-bond acceptors (Lipinski definition) is 9. The average Bonchev–Trinajstić information content (AvgIpc) is 3.68. The lowest BCUT2D eigenvalue weighted by Crippen LogP contribution is -2.40. The molecule has 0 unspecified atom stereocenters. The van der Waals surface area contributed by atoms with Crippen LogP contribution < -0.4 is 29.1 Å². The molecule has 2 aromatic carbocycles. The average molecular weight is 699 g/mol. The van der Waals surface area contributed by atoms with Gasteiger partial charge in [0.15, 0.2) is 22.9 Å². The van der Waals surface area contributed by atoms with Crippen LogP contribution in [0.15, 0.2) is 61.9 Å². The summed E-state index contributed by atoms with van der Waals surface area (Å²) in [4.78, 5) is 47.2. The van der Waals surface area contributed by atoms with Gasteiger partial charge in [-0.15, -0.1) is 0 Å². The molecule has 1 aromatic heterocycles. The highest BCUT2D eigenvalue weighted by atomic mass is 79.9. The molecular formula is C33H36BrN3O7S. The number of carbonyl (C=O) groups is 2. The van der Waals surface area contributed by atoms with Crippen LogP contribution in [-0.4, -0.2) is 61.9 Å². The summed E-state index contributed by atoms with van der Waals surface area (Å²) in [6, 6.07) is 9.98. The lowest BCUT2D eigenvalue weighted by atomic mass is 9.93. The van der Waals surface area contributed by atoms with E-state index in [-0.39, 0.29) is 24.7 Å². The zero-order valence-corrected chi connectivity index (χ0v) is 28.2. The fourth-order valence-corrected chi connectivity index (χ4v) is 6.97. The van der Waals surface area contributed by atoms with E-state index in [0.29, 0.717) is 55.4 Å². The molecule has 0 aliphatic carbocycles. The minimum absolute atomic E-state index is 0.0546. The van der Waals surface area contributed by atoms with Gasteiger partial charge in [0.05, 0.1) is 36.6 Å². The van der Waals surface area contributed by atoms with Gasteiger partial charge in [0.25, 0.3) is 11.5 Å². The van der Waals surface area contributed by atoms with Crippen molar-refractivity contribution in [1.29, 1.82) is 0 Å². The van der Waals surface area contributed by atoms with Crippen LogP contribution in [0, 0.1) is 0 Å². The van der Waals surface area contributed by atoms with Gasteiger partial charge >= 0.3 is 5.97 Å². The summed E-state index contributed by atoms with van der Waals surface area (Å²) in [6.07, 6.45) is 5.06. The van der Waals surface area contributed by atoms with E-state index in [9.17, 15) is 14.4 Å². The molecule has 238 valence electrons. The number of benzene rings is 2. The van der Waals surface area contributed by atoms with Gasteiger partial charge in [-0.3, -0.25) is 14.2 Å². The Labute approximate surface area is 273 Å². The predicted octanol–water partition coefficient (Wildman–Crippen LogP) is 4.36. The third-order valence-electron chi connectivity index (χ3n) is 7.67. The Bertz CT molecular complexity index is 1810. The predicted molar refractivity (Wildman–Crippen MR) is 175 cm³/mol. The zero-order valence-electron chi connectivity index (χ0n) is 25.8. The third kappa shape index (κ3) is 6.86. The smallest absolute Gasteiger partial charge is 0.338 e. The number of esters is 1. The maximum absolute atomic E-state index is 14.2. The Morgan fingerprint density at radius 3 is 2.47 bits per heavy atom. The van der Waals surface area contributed by atoms with Crippen molar-refractivity contribution in [2.24, 2.45) is 4.99 Å². The topological polar surface area (TPSA) is 109 Å². The minimum atomic E-state index is -0.810. The lowest BCUT2D eigenvalue weighted by molar-refractivity contribution is -0.139. The van der Waals surface area contributed by atoms with Crippen LogP contribution >= 0.6 is 27.3 Å². The first kappa shape index (κ1) is 32.5. The van der Waals surface area contributed by atoms with Crippen molar-refractivity contribution in [1.82, 2.24) is 9.47 Å². The van der Waals surface area contributed by atoms with Gasteiger partial charge in [0.2, 0.25) is 0 Å². The number of hydrogen-bond donors (Lipinski definition) is 0. The number of likely N-dealkylation sites (tertiary alicyclic amines) is 1. The number of allylic oxidation sites excluding steroid dienone is 1. The molecule has 5 rings (SSSR count). The van der Waals surface area contributed by atoms with E-state index in [4.69, 9.17) is 23.9 Å². The molecule has 0 N–H and O–H groups in total. The molecule has 1 amide bonds. The first-order valence-corrected chi connectivity index (χ1v) is 16.5. The SMILES string of the molecule is CCCC1=C(C(=O)OCC)[C@@H](c2cc(Br)ccc2OC)n2c(s/c(=C\c3ccc(OCC(=O)N4CCCC4)c(OC)c3)c2=O)=N1. The van der Waals surface area contributed by atoms with Crippen molar-refractivity contribution in [3.63, 3.8) is 0 Å². The van der Waals surface area contributed by atoms with Gasteiger partial charge in [0.1, 0.15) is 11.8 Å². The van der Waals surface area contributed by atoms with Crippen molar-refractivity contribution >= 4 is 45.2 Å². The van der Waals surface area contributed by atoms with Crippen LogP contribution in [0.5, 0.6) is 17.2 Å². The molecule has 1 fully saturated rings. The summed E-state index contributed by atoms with van der Waals surface area (Å²) >= 11 is 4.79. The fourth-order valence-electron chi connectivity index (χ4n) is 5.58. The second kappa shape index (κ2) is 14.5. The molecular weight excluding hydrogens is 662 g/mol. The van der Waals surface area contributed by atoms with Crippen molar-refractivity contribution in [2.45, 2.75) is 45.6 Å². The largest absolute Gasteiger partial charge is 0.496 e. The molecule has 0 saturated carbocycles. The molecule has 3 heterocycles. The zero-order chi connectivity index (χ0) is 32.1. The highest BCUT2D eigenvalue weighted by molar-refractivity contribution is 9.10. The number of methoxy groups -OCH3 is 2. The second-order valence-corrected chi connectivity index (χ2v) is 12.5. The van der Waals surface area contributed by atoms with Gasteiger partial charge in [-0.25, -0.2) is 9.79 Å². The van der Waals surface area contributed by atoms with E-state index in [2.05, 4.69) is 15.9 Å². The summed E-state index contributed by atoms with van der Waals surface area (Å²) in [5.74, 6) is 0.836.